The van der Waals surface area contributed by atoms with E-state index in [1.165, 1.54) is 7.11 Å². The molecule has 1 aromatic carbocycles. The van der Waals surface area contributed by atoms with Crippen molar-refractivity contribution in [2.75, 3.05) is 13.7 Å². The van der Waals surface area contributed by atoms with E-state index >= 15 is 0 Å². The molecule has 1 aliphatic rings. The maximum atomic E-state index is 11.7. The van der Waals surface area contributed by atoms with Crippen LogP contribution in [0.1, 0.15) is 35.7 Å². The molecular formula is C14H19NO2. The highest BCUT2D eigenvalue weighted by Gasteiger charge is 2.57. The van der Waals surface area contributed by atoms with Gasteiger partial charge in [0.25, 0.3) is 0 Å². The normalized spacial score (nSPS) is 25.4. The summed E-state index contributed by atoms with van der Waals surface area (Å²) in [5.74, 6) is 0.551. The molecule has 1 aromatic rings. The lowest BCUT2D eigenvalue weighted by Gasteiger charge is -2.08. The van der Waals surface area contributed by atoms with E-state index in [4.69, 9.17) is 10.5 Å². The molecular weight excluding hydrogens is 214 g/mol. The van der Waals surface area contributed by atoms with Crippen LogP contribution in [0.25, 0.3) is 0 Å². The van der Waals surface area contributed by atoms with Crippen LogP contribution in [0.4, 0.5) is 0 Å². The summed E-state index contributed by atoms with van der Waals surface area (Å²) in [5, 5.41) is 0. The lowest BCUT2D eigenvalue weighted by atomic mass is 9.98. The third kappa shape index (κ3) is 1.84. The first-order valence-corrected chi connectivity index (χ1v) is 5.91. The minimum atomic E-state index is -0.265. The topological polar surface area (TPSA) is 52.3 Å². The minimum Gasteiger partial charge on any atom is -0.465 e. The summed E-state index contributed by atoms with van der Waals surface area (Å²) in [6, 6.07) is 7.66. The third-order valence-electron chi connectivity index (χ3n) is 4.01. The fourth-order valence-corrected chi connectivity index (χ4v) is 2.87. The Morgan fingerprint density at radius 2 is 2.06 bits per heavy atom. The molecule has 0 spiro atoms. The number of carbonyl (C=O) groups is 1. The monoisotopic (exact) mass is 233 g/mol. The Balaban J connectivity index is 2.38. The Labute approximate surface area is 102 Å². The predicted octanol–water partition coefficient (Wildman–Crippen LogP) is 2.17. The van der Waals surface area contributed by atoms with Crippen molar-refractivity contribution in [3.63, 3.8) is 0 Å². The van der Waals surface area contributed by atoms with Crippen molar-refractivity contribution in [1.82, 2.24) is 0 Å². The van der Waals surface area contributed by atoms with E-state index in [0.717, 1.165) is 5.56 Å². The zero-order valence-electron chi connectivity index (χ0n) is 10.6. The van der Waals surface area contributed by atoms with Crippen molar-refractivity contribution in [2.45, 2.75) is 19.8 Å². The maximum absolute atomic E-state index is 11.7. The van der Waals surface area contributed by atoms with Gasteiger partial charge in [0, 0.05) is 0 Å². The number of hydrogen-bond acceptors (Lipinski definition) is 3. The van der Waals surface area contributed by atoms with Crippen molar-refractivity contribution >= 4 is 5.97 Å². The van der Waals surface area contributed by atoms with Crippen molar-refractivity contribution in [1.29, 1.82) is 0 Å². The highest BCUT2D eigenvalue weighted by atomic mass is 16.5. The standard InChI is InChI=1S/C14H19NO2/c1-14(2)11(8-15)12(14)9-6-4-5-7-10(9)13(16)17-3/h4-7,11-12H,8,15H2,1-3H3. The summed E-state index contributed by atoms with van der Waals surface area (Å²) in [6.07, 6.45) is 0. The molecule has 0 aliphatic heterocycles. The molecule has 0 aromatic heterocycles. The lowest BCUT2D eigenvalue weighted by molar-refractivity contribution is 0.0599. The molecule has 92 valence electrons. The quantitative estimate of drug-likeness (QED) is 0.814. The average molecular weight is 233 g/mol. The number of esters is 1. The van der Waals surface area contributed by atoms with Crippen LogP contribution in [-0.2, 0) is 4.74 Å². The SMILES string of the molecule is COC(=O)c1ccccc1C1C(CN)C1(C)C. The van der Waals surface area contributed by atoms with Crippen LogP contribution in [0.2, 0.25) is 0 Å². The predicted molar refractivity (Wildman–Crippen MR) is 66.8 cm³/mol. The molecule has 2 N–H and O–H groups in total. The lowest BCUT2D eigenvalue weighted by Crippen LogP contribution is -2.07. The largest absolute Gasteiger partial charge is 0.465 e. The van der Waals surface area contributed by atoms with Crippen molar-refractivity contribution < 1.29 is 9.53 Å². The van der Waals surface area contributed by atoms with E-state index in [0.29, 0.717) is 23.9 Å². The van der Waals surface area contributed by atoms with Gasteiger partial charge in [-0.1, -0.05) is 32.0 Å². The molecule has 3 nitrogen and oxygen atoms in total. The smallest absolute Gasteiger partial charge is 0.338 e. The van der Waals surface area contributed by atoms with Crippen LogP contribution in [-0.4, -0.2) is 19.6 Å². The van der Waals surface area contributed by atoms with E-state index < -0.39 is 0 Å². The first-order chi connectivity index (χ1) is 8.04. The van der Waals surface area contributed by atoms with Gasteiger partial charge in [0.1, 0.15) is 0 Å². The third-order valence-corrected chi connectivity index (χ3v) is 4.01. The Morgan fingerprint density at radius 1 is 1.41 bits per heavy atom. The first-order valence-electron chi connectivity index (χ1n) is 5.91. The molecule has 2 unspecified atom stereocenters. The van der Waals surface area contributed by atoms with Crippen LogP contribution >= 0.6 is 0 Å². The number of ether oxygens (including phenoxy) is 1. The van der Waals surface area contributed by atoms with E-state index in [9.17, 15) is 4.79 Å². The van der Waals surface area contributed by atoms with Crippen molar-refractivity contribution in [3.8, 4) is 0 Å². The van der Waals surface area contributed by atoms with Crippen molar-refractivity contribution in [2.24, 2.45) is 17.1 Å². The second-order valence-corrected chi connectivity index (χ2v) is 5.22. The van der Waals surface area contributed by atoms with Crippen LogP contribution in [0, 0.1) is 11.3 Å². The number of rotatable bonds is 3. The second-order valence-electron chi connectivity index (χ2n) is 5.22. The first kappa shape index (κ1) is 12.1. The van der Waals surface area contributed by atoms with E-state index in [-0.39, 0.29) is 11.4 Å². The number of methoxy groups -OCH3 is 1. The zero-order valence-corrected chi connectivity index (χ0v) is 10.6. The average Bonchev–Trinajstić information content (AvgIpc) is 2.89. The fraction of sp³-hybridized carbons (Fsp3) is 0.500. The van der Waals surface area contributed by atoms with Gasteiger partial charge in [-0.25, -0.2) is 4.79 Å². The molecule has 1 fully saturated rings. The van der Waals surface area contributed by atoms with E-state index in [1.807, 2.05) is 24.3 Å². The molecule has 2 atom stereocenters. The molecule has 0 radical (unpaired) electrons. The summed E-state index contributed by atoms with van der Waals surface area (Å²) in [5.41, 5.74) is 7.70. The highest BCUT2D eigenvalue weighted by molar-refractivity contribution is 5.91. The van der Waals surface area contributed by atoms with Gasteiger partial charge in [-0.3, -0.25) is 0 Å². The minimum absolute atomic E-state index is 0.179. The van der Waals surface area contributed by atoms with Gasteiger partial charge in [0.15, 0.2) is 0 Å². The summed E-state index contributed by atoms with van der Waals surface area (Å²) < 4.78 is 4.82. The summed E-state index contributed by atoms with van der Waals surface area (Å²) in [4.78, 5) is 11.7. The number of nitrogens with two attached hydrogens (primary N) is 1. The molecule has 0 amide bonds. The molecule has 17 heavy (non-hydrogen) atoms. The van der Waals surface area contributed by atoms with Crippen LogP contribution < -0.4 is 5.73 Å². The van der Waals surface area contributed by atoms with Crippen LogP contribution in [0.15, 0.2) is 24.3 Å². The summed E-state index contributed by atoms with van der Waals surface area (Å²) in [6.45, 7) is 5.06. The van der Waals surface area contributed by atoms with Gasteiger partial charge in [-0.15, -0.1) is 0 Å². The summed E-state index contributed by atoms with van der Waals surface area (Å²) in [7, 11) is 1.41. The van der Waals surface area contributed by atoms with E-state index in [2.05, 4.69) is 13.8 Å². The van der Waals surface area contributed by atoms with E-state index in [1.54, 1.807) is 0 Å². The highest BCUT2D eigenvalue weighted by Crippen LogP contribution is 2.64. The van der Waals surface area contributed by atoms with Crippen LogP contribution in [0.5, 0.6) is 0 Å². The molecule has 3 heteroatoms. The number of hydrogen-bond donors (Lipinski definition) is 1. The van der Waals surface area contributed by atoms with Gasteiger partial charge in [0.2, 0.25) is 0 Å². The Bertz CT molecular complexity index is 440. The van der Waals surface area contributed by atoms with Gasteiger partial charge >= 0.3 is 5.97 Å². The van der Waals surface area contributed by atoms with Gasteiger partial charge in [-0.05, 0) is 35.4 Å². The molecule has 2 rings (SSSR count). The molecule has 0 heterocycles. The Kier molecular flexibility index (Phi) is 2.96. The molecule has 1 aliphatic carbocycles. The van der Waals surface area contributed by atoms with Gasteiger partial charge < -0.3 is 10.5 Å². The Hall–Kier alpha value is -1.35. The molecule has 0 bridgehead atoms. The zero-order chi connectivity index (χ0) is 12.6. The number of carbonyl (C=O) groups excluding carboxylic acids is 1. The number of benzene rings is 1. The summed E-state index contributed by atoms with van der Waals surface area (Å²) >= 11 is 0. The molecule has 0 saturated heterocycles. The fourth-order valence-electron chi connectivity index (χ4n) is 2.87. The van der Waals surface area contributed by atoms with Crippen molar-refractivity contribution in [3.05, 3.63) is 35.4 Å². The van der Waals surface area contributed by atoms with Gasteiger partial charge in [-0.2, -0.15) is 0 Å². The Morgan fingerprint density at radius 3 is 2.59 bits per heavy atom. The maximum Gasteiger partial charge on any atom is 0.338 e. The van der Waals surface area contributed by atoms with Gasteiger partial charge in [0.05, 0.1) is 12.7 Å². The second kappa shape index (κ2) is 4.15. The van der Waals surface area contributed by atoms with Crippen LogP contribution in [0.3, 0.4) is 0 Å². The molecule has 1 saturated carbocycles.